The van der Waals surface area contributed by atoms with Crippen molar-refractivity contribution in [3.8, 4) is 0 Å². The van der Waals surface area contributed by atoms with Crippen LogP contribution in [-0.2, 0) is 28.7 Å². The lowest BCUT2D eigenvalue weighted by Crippen LogP contribution is -2.56. The molecule has 284 valence electrons. The maximum atomic E-state index is 14.7. The van der Waals surface area contributed by atoms with Gasteiger partial charge in [-0.1, -0.05) is 77.3 Å². The fourth-order valence-electron chi connectivity index (χ4n) is 10.3. The third-order valence-electron chi connectivity index (χ3n) is 14.0. The van der Waals surface area contributed by atoms with E-state index in [9.17, 15) is 24.0 Å². The van der Waals surface area contributed by atoms with E-state index in [2.05, 4.69) is 35.1 Å². The quantitative estimate of drug-likeness (QED) is 0.305. The number of hydrogen-bond donors (Lipinski definition) is 4. The summed E-state index contributed by atoms with van der Waals surface area (Å²) in [5.74, 6) is -1.91. The Morgan fingerprint density at radius 1 is 0.923 bits per heavy atom. The normalized spacial score (nSPS) is 32.4. The molecule has 2 unspecified atom stereocenters. The van der Waals surface area contributed by atoms with E-state index >= 15 is 0 Å². The Hall–Kier alpha value is -3.67. The molecule has 12 nitrogen and oxygen atoms in total. The molecule has 3 aliphatic heterocycles. The van der Waals surface area contributed by atoms with Crippen LogP contribution in [0.25, 0.3) is 0 Å². The van der Waals surface area contributed by atoms with Crippen LogP contribution in [0.4, 0.5) is 16.2 Å². The molecule has 0 bridgehead atoms. The summed E-state index contributed by atoms with van der Waals surface area (Å²) in [6.45, 7) is 6.50. The van der Waals surface area contributed by atoms with Gasteiger partial charge >= 0.3 is 6.09 Å². The summed E-state index contributed by atoms with van der Waals surface area (Å²) in [4.78, 5) is 71.6. The van der Waals surface area contributed by atoms with Crippen LogP contribution in [0.15, 0.2) is 24.3 Å². The molecular weight excluding hydrogens is 662 g/mol. The number of rotatable bonds is 4. The molecule has 5 atom stereocenters. The van der Waals surface area contributed by atoms with Gasteiger partial charge in [0.15, 0.2) is 0 Å². The molecule has 52 heavy (non-hydrogen) atoms. The molecule has 4 amide bonds. The average molecular weight is 720 g/mol. The molecule has 5 fully saturated rings. The first kappa shape index (κ1) is 36.7. The minimum atomic E-state index is -1.01. The first-order valence-electron chi connectivity index (χ1n) is 19.9. The van der Waals surface area contributed by atoms with Crippen molar-refractivity contribution in [2.45, 2.75) is 134 Å². The Morgan fingerprint density at radius 3 is 2.35 bits per heavy atom. The Kier molecular flexibility index (Phi) is 10.6. The van der Waals surface area contributed by atoms with Crippen molar-refractivity contribution in [2.75, 3.05) is 36.9 Å². The fraction of sp³-hybridized carbons (Fsp3) is 0.725. The Labute approximate surface area is 307 Å². The number of carbonyl (C=O) groups is 5. The summed E-state index contributed by atoms with van der Waals surface area (Å²) in [7, 11) is 0. The van der Waals surface area contributed by atoms with Crippen LogP contribution in [0.1, 0.15) is 110 Å². The average Bonchev–Trinajstić information content (AvgIpc) is 3.54. The smallest absolute Gasteiger partial charge is 0.408 e. The number of anilines is 2. The molecule has 1 aromatic carbocycles. The van der Waals surface area contributed by atoms with Crippen molar-refractivity contribution in [3.05, 3.63) is 24.3 Å². The Bertz CT molecular complexity index is 1530. The van der Waals surface area contributed by atoms with Gasteiger partial charge < -0.3 is 35.6 Å². The van der Waals surface area contributed by atoms with Crippen LogP contribution in [0.3, 0.4) is 0 Å². The van der Waals surface area contributed by atoms with E-state index in [0.717, 1.165) is 76.3 Å². The zero-order chi connectivity index (χ0) is 36.5. The summed E-state index contributed by atoms with van der Waals surface area (Å²) in [5, 5.41) is 12.1. The van der Waals surface area contributed by atoms with Gasteiger partial charge in [0.1, 0.15) is 18.2 Å². The first-order chi connectivity index (χ1) is 25.0. The van der Waals surface area contributed by atoms with Crippen molar-refractivity contribution in [1.29, 1.82) is 0 Å². The zero-order valence-corrected chi connectivity index (χ0v) is 30.9. The van der Waals surface area contributed by atoms with Gasteiger partial charge in [-0.3, -0.25) is 19.2 Å². The second-order valence-corrected chi connectivity index (χ2v) is 16.9. The number of nitrogens with one attached hydrogen (secondary N) is 4. The van der Waals surface area contributed by atoms with Crippen molar-refractivity contribution in [2.24, 2.45) is 22.2 Å². The van der Waals surface area contributed by atoms with Crippen LogP contribution < -0.4 is 21.3 Å². The molecule has 3 heterocycles. The van der Waals surface area contributed by atoms with E-state index in [1.165, 1.54) is 0 Å². The largest absolute Gasteiger partial charge is 0.444 e. The number of para-hydroxylation sites is 2. The van der Waals surface area contributed by atoms with Gasteiger partial charge in [0, 0.05) is 24.9 Å². The number of nitrogens with zero attached hydrogens (tertiary/aromatic N) is 1. The van der Waals surface area contributed by atoms with Gasteiger partial charge in [-0.2, -0.15) is 0 Å². The highest BCUT2D eigenvalue weighted by molar-refractivity contribution is 6.42. The number of alkyl carbamates (subject to hydrolysis) is 1. The Morgan fingerprint density at radius 2 is 1.67 bits per heavy atom. The van der Waals surface area contributed by atoms with E-state index in [4.69, 9.17) is 9.47 Å². The summed E-state index contributed by atoms with van der Waals surface area (Å²) in [5.41, 5.74) is 1.03. The second kappa shape index (κ2) is 15.0. The van der Waals surface area contributed by atoms with Crippen molar-refractivity contribution in [1.82, 2.24) is 15.5 Å². The predicted molar refractivity (Wildman–Crippen MR) is 195 cm³/mol. The summed E-state index contributed by atoms with van der Waals surface area (Å²) < 4.78 is 11.0. The number of hydrogen-bond acceptors (Lipinski definition) is 8. The van der Waals surface area contributed by atoms with Gasteiger partial charge in [0.2, 0.25) is 17.6 Å². The summed E-state index contributed by atoms with van der Waals surface area (Å²) >= 11 is 0. The molecule has 0 radical (unpaired) electrons. The molecule has 4 N–H and O–H groups in total. The fourth-order valence-corrected chi connectivity index (χ4v) is 10.3. The molecular formula is C40H57N5O7. The molecule has 2 spiro atoms. The van der Waals surface area contributed by atoms with Crippen LogP contribution >= 0.6 is 0 Å². The van der Waals surface area contributed by atoms with E-state index in [1.54, 1.807) is 11.0 Å². The maximum Gasteiger partial charge on any atom is 0.408 e. The van der Waals surface area contributed by atoms with Crippen molar-refractivity contribution >= 4 is 41.0 Å². The Balaban J connectivity index is 1.17. The standard InChI is InChI=1S/C40H57N5O7/c1-38(2)39(18-11-19-39)40(38)23-32-34(47)43-31(22-26-12-10-13-26)33(46)35(48)42-29-15-8-7-14-28(29)41-20-9-5-3-4-6-16-30(36(49)45(32)25-40)44-37(50)52-27-17-21-51-24-27/h7-8,14-15,26-27,30-32,41H,3-6,9-13,16-25H2,1-2H3,(H,42,48)(H,43,47)(H,44,50)/t27?,30-,31?,32-,40+/m0/s1. The van der Waals surface area contributed by atoms with Gasteiger partial charge in [-0.25, -0.2) is 4.79 Å². The van der Waals surface area contributed by atoms with Gasteiger partial charge in [0.25, 0.3) is 5.91 Å². The molecule has 0 aromatic heterocycles. The minimum absolute atomic E-state index is 0.0621. The molecule has 1 aromatic rings. The molecule has 3 saturated carbocycles. The SMILES string of the molecule is CC1(C)C2(CCC2)[C@@]12C[C@H]1C(=O)NC(CC3CCC3)C(=O)C(=O)Nc3ccccc3NCCCCCCC[C@H](NC(=O)OC3CCOC3)C(=O)N1C2. The second-order valence-electron chi connectivity index (χ2n) is 16.9. The van der Waals surface area contributed by atoms with E-state index in [-0.39, 0.29) is 34.2 Å². The monoisotopic (exact) mass is 719 g/mol. The van der Waals surface area contributed by atoms with E-state index in [0.29, 0.717) is 57.7 Å². The number of Topliss-reactive ketones (excluding diaryl/α,β-unsaturated/α-hetero) is 1. The molecule has 12 heteroatoms. The lowest BCUT2D eigenvalue weighted by molar-refractivity contribution is -0.142. The number of ketones is 1. The molecule has 2 saturated heterocycles. The van der Waals surface area contributed by atoms with Crippen molar-refractivity contribution < 1.29 is 33.4 Å². The predicted octanol–water partition coefficient (Wildman–Crippen LogP) is 5.32. The lowest BCUT2D eigenvalue weighted by Gasteiger charge is -2.32. The van der Waals surface area contributed by atoms with Crippen LogP contribution in [0.2, 0.25) is 0 Å². The minimum Gasteiger partial charge on any atom is -0.444 e. The summed E-state index contributed by atoms with van der Waals surface area (Å²) in [6, 6.07) is 4.66. The van der Waals surface area contributed by atoms with Crippen LogP contribution in [0, 0.1) is 22.2 Å². The zero-order valence-electron chi connectivity index (χ0n) is 30.9. The third-order valence-corrected chi connectivity index (χ3v) is 14.0. The number of fused-ring (bicyclic) bond motifs is 3. The van der Waals surface area contributed by atoms with E-state index < -0.39 is 41.8 Å². The topological polar surface area (TPSA) is 155 Å². The number of carbonyl (C=O) groups excluding carboxylic acids is 5. The molecule has 6 aliphatic rings. The van der Waals surface area contributed by atoms with Crippen molar-refractivity contribution in [3.63, 3.8) is 0 Å². The molecule has 7 rings (SSSR count). The highest BCUT2D eigenvalue weighted by atomic mass is 16.6. The number of benzene rings is 1. The van der Waals surface area contributed by atoms with Crippen LogP contribution in [-0.4, -0.2) is 85.0 Å². The van der Waals surface area contributed by atoms with E-state index in [1.807, 2.05) is 18.2 Å². The summed E-state index contributed by atoms with van der Waals surface area (Å²) in [6.07, 6.45) is 11.5. The number of ether oxygens (including phenoxy) is 2. The molecule has 3 aliphatic carbocycles. The highest BCUT2D eigenvalue weighted by Gasteiger charge is 2.85. The van der Waals surface area contributed by atoms with Gasteiger partial charge in [-0.05, 0) is 67.4 Å². The van der Waals surface area contributed by atoms with Crippen LogP contribution in [0.5, 0.6) is 0 Å². The lowest BCUT2D eigenvalue weighted by atomic mass is 9.73. The highest BCUT2D eigenvalue weighted by Crippen LogP contribution is 2.88. The number of amides is 4. The van der Waals surface area contributed by atoms with Gasteiger partial charge in [0.05, 0.1) is 30.6 Å². The third kappa shape index (κ3) is 6.80. The van der Waals surface area contributed by atoms with Gasteiger partial charge in [-0.15, -0.1) is 0 Å². The first-order valence-corrected chi connectivity index (χ1v) is 19.9. The maximum absolute atomic E-state index is 14.7.